The quantitative estimate of drug-likeness (QED) is 0.659. The van der Waals surface area contributed by atoms with Gasteiger partial charge < -0.3 is 10.3 Å². The van der Waals surface area contributed by atoms with E-state index in [1.807, 2.05) is 44.2 Å². The molecule has 0 aliphatic rings. The molecule has 0 bridgehead atoms. The number of hydrogen-bond acceptors (Lipinski definition) is 5. The van der Waals surface area contributed by atoms with Crippen molar-refractivity contribution in [2.75, 3.05) is 5.75 Å². The predicted octanol–water partition coefficient (Wildman–Crippen LogP) is 2.12. The zero-order chi connectivity index (χ0) is 17.8. The minimum atomic E-state index is -0.300. The molecule has 0 aliphatic heterocycles. The Kier molecular flexibility index (Phi) is 5.18. The molecule has 3 rings (SSSR count). The summed E-state index contributed by atoms with van der Waals surface area (Å²) in [5, 5.41) is 3.48. The Hall–Kier alpha value is -2.61. The number of thioether (sulfide) groups is 1. The number of nitrogens with one attached hydrogen (secondary N) is 2. The highest BCUT2D eigenvalue weighted by molar-refractivity contribution is 7.99. The van der Waals surface area contributed by atoms with Crippen LogP contribution < -0.4 is 10.9 Å². The molecule has 25 heavy (non-hydrogen) atoms. The van der Waals surface area contributed by atoms with Crippen molar-refractivity contribution in [3.63, 3.8) is 0 Å². The molecular formula is C17H19N5O2S. The Bertz CT molecular complexity index is 935. The molecule has 2 heterocycles. The van der Waals surface area contributed by atoms with E-state index in [4.69, 9.17) is 0 Å². The Morgan fingerprint density at radius 2 is 2.12 bits per heavy atom. The molecule has 1 amide bonds. The van der Waals surface area contributed by atoms with Crippen molar-refractivity contribution in [3.05, 3.63) is 47.0 Å². The van der Waals surface area contributed by atoms with Crippen LogP contribution in [0.2, 0.25) is 0 Å². The lowest BCUT2D eigenvalue weighted by atomic mass is 10.3. The first-order valence-electron chi connectivity index (χ1n) is 8.04. The van der Waals surface area contributed by atoms with E-state index in [2.05, 4.69) is 20.3 Å². The van der Waals surface area contributed by atoms with Crippen LogP contribution in [0, 0.1) is 0 Å². The fraction of sp³-hybridized carbons (Fsp3) is 0.294. The van der Waals surface area contributed by atoms with Crippen LogP contribution in [-0.2, 0) is 4.79 Å². The third-order valence-corrected chi connectivity index (χ3v) is 4.72. The van der Waals surface area contributed by atoms with Crippen LogP contribution in [0.3, 0.4) is 0 Å². The summed E-state index contributed by atoms with van der Waals surface area (Å²) in [6.45, 7) is 3.98. The lowest BCUT2D eigenvalue weighted by Gasteiger charge is -2.11. The van der Waals surface area contributed by atoms with Crippen molar-refractivity contribution in [1.29, 1.82) is 0 Å². The molecule has 8 heteroatoms. The van der Waals surface area contributed by atoms with Crippen LogP contribution in [0.15, 0.2) is 46.6 Å². The van der Waals surface area contributed by atoms with Crippen LogP contribution >= 0.6 is 11.8 Å². The van der Waals surface area contributed by atoms with E-state index in [0.29, 0.717) is 10.8 Å². The molecule has 2 N–H and O–H groups in total. The summed E-state index contributed by atoms with van der Waals surface area (Å²) in [5.41, 5.74) is 1.27. The van der Waals surface area contributed by atoms with Gasteiger partial charge in [-0.1, -0.05) is 36.9 Å². The number of hydrogen-bond donors (Lipinski definition) is 2. The predicted molar refractivity (Wildman–Crippen MR) is 98.1 cm³/mol. The third-order valence-electron chi connectivity index (χ3n) is 3.79. The topological polar surface area (TPSA) is 92.7 Å². The molecule has 1 unspecified atom stereocenters. The van der Waals surface area contributed by atoms with Gasteiger partial charge in [0.05, 0.1) is 12.1 Å². The van der Waals surface area contributed by atoms with Crippen molar-refractivity contribution >= 4 is 28.8 Å². The molecule has 0 radical (unpaired) electrons. The molecule has 7 nitrogen and oxygen atoms in total. The van der Waals surface area contributed by atoms with Gasteiger partial charge in [0.25, 0.3) is 5.56 Å². The molecule has 1 atom stereocenters. The Labute approximate surface area is 148 Å². The monoisotopic (exact) mass is 357 g/mol. The number of aromatic amines is 1. The zero-order valence-corrected chi connectivity index (χ0v) is 14.8. The summed E-state index contributed by atoms with van der Waals surface area (Å²) >= 11 is 1.28. The normalized spacial score (nSPS) is 12.2. The summed E-state index contributed by atoms with van der Waals surface area (Å²) < 4.78 is 1.80. The number of para-hydroxylation sites is 1. The lowest BCUT2D eigenvalue weighted by Crippen LogP contribution is -2.33. The molecule has 0 spiro atoms. The maximum atomic E-state index is 12.1. The number of carbonyl (C=O) groups is 1. The Morgan fingerprint density at radius 1 is 1.36 bits per heavy atom. The Morgan fingerprint density at radius 3 is 2.84 bits per heavy atom. The first-order valence-corrected chi connectivity index (χ1v) is 9.02. The van der Waals surface area contributed by atoms with Crippen molar-refractivity contribution in [2.24, 2.45) is 0 Å². The minimum Gasteiger partial charge on any atom is -0.353 e. The first kappa shape index (κ1) is 17.2. The van der Waals surface area contributed by atoms with E-state index < -0.39 is 0 Å². The number of imidazole rings is 1. The van der Waals surface area contributed by atoms with Gasteiger partial charge in [0.2, 0.25) is 5.91 Å². The van der Waals surface area contributed by atoms with E-state index >= 15 is 0 Å². The molecule has 0 aliphatic carbocycles. The summed E-state index contributed by atoms with van der Waals surface area (Å²) in [5.74, 6) is 0.158. The van der Waals surface area contributed by atoms with E-state index in [1.54, 1.807) is 4.57 Å². The maximum absolute atomic E-state index is 12.1. The van der Waals surface area contributed by atoms with Crippen LogP contribution in [0.4, 0.5) is 0 Å². The average Bonchev–Trinajstić information content (AvgIpc) is 3.00. The first-order chi connectivity index (χ1) is 12.1. The molecule has 0 saturated heterocycles. The lowest BCUT2D eigenvalue weighted by molar-refractivity contribution is -0.119. The van der Waals surface area contributed by atoms with Gasteiger partial charge in [0.15, 0.2) is 16.3 Å². The third kappa shape index (κ3) is 3.74. The number of amides is 1. The summed E-state index contributed by atoms with van der Waals surface area (Å²) in [7, 11) is 0. The van der Waals surface area contributed by atoms with E-state index in [9.17, 15) is 9.59 Å². The summed E-state index contributed by atoms with van der Waals surface area (Å²) in [4.78, 5) is 35.3. The van der Waals surface area contributed by atoms with Gasteiger partial charge in [-0.05, 0) is 25.5 Å². The molecule has 3 aromatic rings. The van der Waals surface area contributed by atoms with Gasteiger partial charge >= 0.3 is 0 Å². The van der Waals surface area contributed by atoms with Crippen LogP contribution in [0.5, 0.6) is 0 Å². The smallest absolute Gasteiger partial charge is 0.278 e. The van der Waals surface area contributed by atoms with Crippen LogP contribution in [0.1, 0.15) is 20.3 Å². The van der Waals surface area contributed by atoms with Crippen molar-refractivity contribution < 1.29 is 4.79 Å². The molecule has 130 valence electrons. The van der Waals surface area contributed by atoms with E-state index in [1.165, 1.54) is 18.1 Å². The van der Waals surface area contributed by atoms with Crippen LogP contribution in [-0.4, -0.2) is 37.2 Å². The SMILES string of the molecule is CCC(C)NC(=O)CSc1nc2c(=O)[nH]cnc2n1-c1ccccc1. The fourth-order valence-corrected chi connectivity index (χ4v) is 3.16. The van der Waals surface area contributed by atoms with Crippen molar-refractivity contribution in [2.45, 2.75) is 31.5 Å². The number of benzene rings is 1. The molecule has 2 aromatic heterocycles. The minimum absolute atomic E-state index is 0.0621. The molecule has 1 aromatic carbocycles. The van der Waals surface area contributed by atoms with E-state index in [0.717, 1.165) is 12.1 Å². The summed E-state index contributed by atoms with van der Waals surface area (Å²) in [6.07, 6.45) is 2.23. The number of fused-ring (bicyclic) bond motifs is 1. The molecular weight excluding hydrogens is 338 g/mol. The highest BCUT2D eigenvalue weighted by atomic mass is 32.2. The number of H-pyrrole nitrogens is 1. The number of carbonyl (C=O) groups excluding carboxylic acids is 1. The highest BCUT2D eigenvalue weighted by Gasteiger charge is 2.17. The number of nitrogens with zero attached hydrogens (tertiary/aromatic N) is 3. The van der Waals surface area contributed by atoms with Gasteiger partial charge in [0, 0.05) is 11.7 Å². The number of rotatable bonds is 6. The second-order valence-electron chi connectivity index (χ2n) is 5.63. The van der Waals surface area contributed by atoms with Gasteiger partial charge in [-0.15, -0.1) is 0 Å². The van der Waals surface area contributed by atoms with Crippen LogP contribution in [0.25, 0.3) is 16.9 Å². The van der Waals surface area contributed by atoms with Gasteiger partial charge in [0.1, 0.15) is 0 Å². The largest absolute Gasteiger partial charge is 0.353 e. The second kappa shape index (κ2) is 7.52. The van der Waals surface area contributed by atoms with Gasteiger partial charge in [-0.2, -0.15) is 0 Å². The highest BCUT2D eigenvalue weighted by Crippen LogP contribution is 2.25. The van der Waals surface area contributed by atoms with Gasteiger partial charge in [-0.3, -0.25) is 14.2 Å². The second-order valence-corrected chi connectivity index (χ2v) is 6.58. The van der Waals surface area contributed by atoms with Crippen molar-refractivity contribution in [1.82, 2.24) is 24.8 Å². The molecule has 0 fully saturated rings. The maximum Gasteiger partial charge on any atom is 0.278 e. The van der Waals surface area contributed by atoms with Gasteiger partial charge in [-0.25, -0.2) is 9.97 Å². The zero-order valence-electron chi connectivity index (χ0n) is 14.0. The Balaban J connectivity index is 1.96. The summed E-state index contributed by atoms with van der Waals surface area (Å²) in [6, 6.07) is 9.66. The fourth-order valence-electron chi connectivity index (χ4n) is 2.34. The van der Waals surface area contributed by atoms with E-state index in [-0.39, 0.29) is 28.8 Å². The molecule has 0 saturated carbocycles. The van der Waals surface area contributed by atoms with Crippen molar-refractivity contribution in [3.8, 4) is 5.69 Å². The standard InChI is InChI=1S/C17H19N5O2S/c1-3-11(2)20-13(23)9-25-17-21-14-15(18-10-19-16(14)24)22(17)12-7-5-4-6-8-12/h4-8,10-11H,3,9H2,1-2H3,(H,20,23)(H,18,19,24). The number of aromatic nitrogens is 4. The average molecular weight is 357 g/mol.